The van der Waals surface area contributed by atoms with Crippen molar-refractivity contribution in [1.29, 1.82) is 0 Å². The van der Waals surface area contributed by atoms with Gasteiger partial charge in [-0.15, -0.1) is 0 Å². The van der Waals surface area contributed by atoms with E-state index in [1.165, 1.54) is 103 Å². The van der Waals surface area contributed by atoms with E-state index in [1.807, 2.05) is 24.3 Å². The van der Waals surface area contributed by atoms with Crippen LogP contribution in [0.4, 0.5) is 0 Å². The number of benzene rings is 18. The Kier molecular flexibility index (Phi) is 15.4. The van der Waals surface area contributed by atoms with Gasteiger partial charge in [0.1, 0.15) is 0 Å². The van der Waals surface area contributed by atoms with Gasteiger partial charge in [0.25, 0.3) is 0 Å². The molecule has 9 nitrogen and oxygen atoms in total. The predicted octanol–water partition coefficient (Wildman–Crippen LogP) is 27.4. The number of nitrogens with zero attached hydrogens (tertiary/aromatic N) is 9. The van der Waals surface area contributed by atoms with Crippen LogP contribution in [-0.4, -0.2) is 43.2 Å². The second-order valence-electron chi connectivity index (χ2n) is 29.8. The van der Waals surface area contributed by atoms with Crippen LogP contribution in [0, 0.1) is 0 Å². The largest absolute Gasteiger partial charge is 0.309 e. The van der Waals surface area contributed by atoms with Gasteiger partial charge in [0.2, 0.25) is 0 Å². The minimum absolute atomic E-state index is 0.643. The highest BCUT2D eigenvalue weighted by Crippen LogP contribution is 2.46. The fraction of sp³-hybridized carbons (Fsp3) is 0. The van der Waals surface area contributed by atoms with Crippen LogP contribution in [0.5, 0.6) is 0 Å². The molecular weight excluding hydrogens is 1410 g/mol. The Bertz CT molecular complexity index is 7600. The molecule has 0 bridgehead atoms. The third kappa shape index (κ3) is 10.9. The van der Waals surface area contributed by atoms with Crippen LogP contribution in [0.3, 0.4) is 0 Å². The molecule has 0 aliphatic carbocycles. The summed E-state index contributed by atoms with van der Waals surface area (Å²) < 4.78 is 9.63. The van der Waals surface area contributed by atoms with Crippen molar-refractivity contribution in [3.8, 4) is 90.8 Å². The molecule has 0 spiro atoms. The highest BCUT2D eigenvalue weighted by atomic mass is 15.0. The Morgan fingerprint density at radius 2 is 0.483 bits per heavy atom. The van der Waals surface area contributed by atoms with Gasteiger partial charge in [-0.1, -0.05) is 291 Å². The number of hydrogen-bond acceptors (Lipinski definition) is 5. The molecule has 0 aliphatic rings. The summed E-state index contributed by atoms with van der Waals surface area (Å²) in [4.78, 5) is 25.8. The first kappa shape index (κ1) is 66.1. The molecule has 24 aromatic rings. The SMILES string of the molecule is c1ccc(-c2cc(-c3ccc4ccccc4c3)nc(-c3cccc4cc(-n5c6ccccc6c6c7c8ccccc8n(-c8ccccc8)c7ccc65)ccc34)n2)cc1.c1ccc(-c2nc(-c3ccc4ccccc4c3)nc(-c3cccc4cc(-n5c6ccccc6c6c7c8ccccc8n(-c8ccccc8)c7ccc65)ccc34)n2)cc1. The van der Waals surface area contributed by atoms with Crippen molar-refractivity contribution in [1.82, 2.24) is 43.2 Å². The van der Waals surface area contributed by atoms with Gasteiger partial charge in [-0.25, -0.2) is 24.9 Å². The van der Waals surface area contributed by atoms with Crippen LogP contribution in [0.15, 0.2) is 406 Å². The molecule has 0 N–H and O–H groups in total. The number of hydrogen-bond donors (Lipinski definition) is 0. The van der Waals surface area contributed by atoms with Crippen molar-refractivity contribution < 1.29 is 0 Å². The summed E-state index contributed by atoms with van der Waals surface area (Å²) in [7, 11) is 0. The lowest BCUT2D eigenvalue weighted by Gasteiger charge is -2.13. The van der Waals surface area contributed by atoms with Crippen LogP contribution in [0.1, 0.15) is 0 Å². The average molecular weight is 1480 g/mol. The first-order valence-electron chi connectivity index (χ1n) is 39.4. The zero-order valence-corrected chi connectivity index (χ0v) is 62.7. The fourth-order valence-electron chi connectivity index (χ4n) is 18.0. The maximum atomic E-state index is 5.27. The highest BCUT2D eigenvalue weighted by molar-refractivity contribution is 6.30. The lowest BCUT2D eigenvalue weighted by molar-refractivity contribution is 1.08. The number of para-hydroxylation sites is 6. The van der Waals surface area contributed by atoms with E-state index in [0.29, 0.717) is 23.3 Å². The Balaban J connectivity index is 0.000000137. The molecule has 116 heavy (non-hydrogen) atoms. The molecule has 0 saturated heterocycles. The van der Waals surface area contributed by atoms with Gasteiger partial charge in [0.05, 0.1) is 55.5 Å². The highest BCUT2D eigenvalue weighted by Gasteiger charge is 2.25. The second-order valence-corrected chi connectivity index (χ2v) is 29.8. The summed E-state index contributed by atoms with van der Waals surface area (Å²) in [6.45, 7) is 0. The molecule has 0 fully saturated rings. The van der Waals surface area contributed by atoms with E-state index in [9.17, 15) is 0 Å². The number of aromatic nitrogens is 9. The second kappa shape index (κ2) is 27.1. The molecule has 0 saturated carbocycles. The van der Waals surface area contributed by atoms with Crippen LogP contribution in [0.2, 0.25) is 0 Å². The smallest absolute Gasteiger partial charge is 0.164 e. The van der Waals surface area contributed by atoms with Crippen LogP contribution < -0.4 is 0 Å². The first-order valence-corrected chi connectivity index (χ1v) is 39.4. The van der Waals surface area contributed by atoms with Gasteiger partial charge in [0.15, 0.2) is 23.3 Å². The van der Waals surface area contributed by atoms with Crippen molar-refractivity contribution in [3.63, 3.8) is 0 Å². The first-order chi connectivity index (χ1) is 57.5. The molecule has 6 heterocycles. The van der Waals surface area contributed by atoms with Gasteiger partial charge >= 0.3 is 0 Å². The van der Waals surface area contributed by atoms with E-state index in [-0.39, 0.29) is 0 Å². The van der Waals surface area contributed by atoms with Crippen LogP contribution >= 0.6 is 0 Å². The van der Waals surface area contributed by atoms with E-state index in [2.05, 4.69) is 400 Å². The fourth-order valence-corrected chi connectivity index (χ4v) is 18.0. The lowest BCUT2D eigenvalue weighted by atomic mass is 10.0. The minimum Gasteiger partial charge on any atom is -0.309 e. The van der Waals surface area contributed by atoms with E-state index in [0.717, 1.165) is 94.4 Å². The number of rotatable bonds is 10. The maximum Gasteiger partial charge on any atom is 0.164 e. The van der Waals surface area contributed by atoms with Crippen LogP contribution in [0.25, 0.3) is 221 Å². The van der Waals surface area contributed by atoms with Gasteiger partial charge in [0, 0.05) is 99.2 Å². The summed E-state index contributed by atoms with van der Waals surface area (Å²) in [5.74, 6) is 2.64. The van der Waals surface area contributed by atoms with Gasteiger partial charge in [-0.05, 0) is 158 Å². The van der Waals surface area contributed by atoms with Gasteiger partial charge in [-0.3, -0.25) is 0 Å². The van der Waals surface area contributed by atoms with E-state index < -0.39 is 0 Å². The maximum absolute atomic E-state index is 5.27. The monoisotopic (exact) mass is 1480 g/mol. The molecule has 24 rings (SSSR count). The third-order valence-electron chi connectivity index (χ3n) is 23.2. The molecule has 0 unspecified atom stereocenters. The summed E-state index contributed by atoms with van der Waals surface area (Å²) in [5.41, 5.74) is 21.8. The normalized spacial score (nSPS) is 11.8. The van der Waals surface area contributed by atoms with E-state index in [4.69, 9.17) is 24.9 Å². The molecule has 0 radical (unpaired) electrons. The van der Waals surface area contributed by atoms with Gasteiger partial charge in [-0.2, -0.15) is 0 Å². The Morgan fingerprint density at radius 1 is 0.155 bits per heavy atom. The zero-order chi connectivity index (χ0) is 76.3. The quantitative estimate of drug-likeness (QED) is 0.136. The molecule has 0 atom stereocenters. The molecule has 0 amide bonds. The van der Waals surface area contributed by atoms with E-state index >= 15 is 0 Å². The molecule has 540 valence electrons. The molecule has 18 aromatic carbocycles. The standard InChI is InChI=1S/C54H34N4.C53H33N5/c1-3-15-36(16-4-1)46-34-47(39-27-26-35-14-7-8-17-37(35)32-39)56-54(55-46)43-23-13-18-38-33-41(28-29-42(38)43)58-49-25-12-10-22-45(49)53-51(58)31-30-50-52(53)44-21-9-11-24-48(44)57(50)40-19-5-2-6-20-40;1-3-15-35(16-4-1)51-54-52(38-27-26-34-14-7-8-17-36(34)32-38)56-53(55-51)42-23-13-18-37-33-40(28-29-41(37)42)58-46-25-12-10-22-44(46)50-48(58)31-30-47-49(50)43-21-9-11-24-45(43)57(47)39-19-5-2-6-20-39/h1-34H;1-33H. The summed E-state index contributed by atoms with van der Waals surface area (Å²) >= 11 is 0. The predicted molar refractivity (Wildman–Crippen MR) is 482 cm³/mol. The average Bonchev–Trinajstić information content (AvgIpc) is 1.54. The Hall–Kier alpha value is -15.7. The van der Waals surface area contributed by atoms with Crippen LogP contribution in [-0.2, 0) is 0 Å². The molecule has 0 aliphatic heterocycles. The molecular formula is C107H67N9. The van der Waals surface area contributed by atoms with Crippen molar-refractivity contribution >= 4 is 130 Å². The van der Waals surface area contributed by atoms with E-state index in [1.54, 1.807) is 0 Å². The third-order valence-corrected chi connectivity index (χ3v) is 23.2. The molecule has 6 aromatic heterocycles. The summed E-state index contributed by atoms with van der Waals surface area (Å²) in [6.07, 6.45) is 0. The summed E-state index contributed by atoms with van der Waals surface area (Å²) in [5, 5.41) is 19.2. The topological polar surface area (TPSA) is 84.2 Å². The lowest BCUT2D eigenvalue weighted by Crippen LogP contribution is -2.01. The zero-order valence-electron chi connectivity index (χ0n) is 62.7. The number of fused-ring (bicyclic) bond motifs is 18. The van der Waals surface area contributed by atoms with Crippen molar-refractivity contribution in [2.24, 2.45) is 0 Å². The Morgan fingerprint density at radius 3 is 0.931 bits per heavy atom. The van der Waals surface area contributed by atoms with Crippen molar-refractivity contribution in [3.05, 3.63) is 406 Å². The molecule has 9 heteroatoms. The Labute approximate surface area is 666 Å². The van der Waals surface area contributed by atoms with Crippen molar-refractivity contribution in [2.75, 3.05) is 0 Å². The van der Waals surface area contributed by atoms with Crippen molar-refractivity contribution in [2.45, 2.75) is 0 Å². The minimum atomic E-state index is 0.643. The summed E-state index contributed by atoms with van der Waals surface area (Å²) in [6, 6.07) is 145. The van der Waals surface area contributed by atoms with Gasteiger partial charge < -0.3 is 18.3 Å².